The highest BCUT2D eigenvalue weighted by atomic mass is 14.4. The molecule has 0 nitrogen and oxygen atoms in total. The highest BCUT2D eigenvalue weighted by molar-refractivity contribution is 6.98. The van der Waals surface area contributed by atoms with E-state index in [0.717, 1.165) is 0 Å². The Morgan fingerprint density at radius 3 is 1.63 bits per heavy atom. The first-order valence-corrected chi connectivity index (χ1v) is 13.9. The van der Waals surface area contributed by atoms with E-state index >= 15 is 0 Å². The molecule has 6 rings (SSSR count). The minimum atomic E-state index is -0.0530. The predicted molar refractivity (Wildman–Crippen MR) is 167 cm³/mol. The molecule has 1 aliphatic carbocycles. The highest BCUT2D eigenvalue weighted by Crippen LogP contribution is 2.48. The van der Waals surface area contributed by atoms with Crippen LogP contribution in [0.3, 0.4) is 0 Å². The Hall–Kier alpha value is -3.58. The van der Waals surface area contributed by atoms with Gasteiger partial charge < -0.3 is 0 Å². The Morgan fingerprint density at radius 2 is 1.05 bits per heavy atom. The number of fused-ring (bicyclic) bond motifs is 2. The average molecular weight is 493 g/mol. The molecule has 0 bridgehead atoms. The second kappa shape index (κ2) is 8.74. The molecule has 0 aliphatic heterocycles. The van der Waals surface area contributed by atoms with E-state index in [1.54, 1.807) is 0 Å². The monoisotopic (exact) mass is 492 g/mol. The Morgan fingerprint density at radius 1 is 0.526 bits per heavy atom. The number of rotatable bonds is 3. The summed E-state index contributed by atoms with van der Waals surface area (Å²) in [4.78, 5) is 0. The summed E-state index contributed by atoms with van der Waals surface area (Å²) in [7, 11) is 0. The molecule has 0 amide bonds. The van der Waals surface area contributed by atoms with Crippen LogP contribution in [0, 0.1) is 41.5 Å². The third kappa shape index (κ3) is 3.59. The largest absolute Gasteiger partial charge is 0.243 e. The number of benzene rings is 5. The van der Waals surface area contributed by atoms with Crippen molar-refractivity contribution >= 4 is 33.9 Å². The van der Waals surface area contributed by atoms with Crippen molar-refractivity contribution in [1.82, 2.24) is 0 Å². The third-order valence-corrected chi connectivity index (χ3v) is 9.00. The van der Waals surface area contributed by atoms with Crippen LogP contribution in [-0.4, -0.2) is 6.71 Å². The Balaban J connectivity index is 1.75. The van der Waals surface area contributed by atoms with Gasteiger partial charge in [-0.15, -0.1) is 0 Å². The van der Waals surface area contributed by atoms with Gasteiger partial charge in [-0.05, 0) is 74.6 Å². The highest BCUT2D eigenvalue weighted by Gasteiger charge is 2.36. The van der Waals surface area contributed by atoms with Crippen molar-refractivity contribution in [3.63, 3.8) is 0 Å². The second-order valence-corrected chi connectivity index (χ2v) is 12.2. The normalized spacial score (nSPS) is 13.5. The molecule has 0 N–H and O–H groups in total. The van der Waals surface area contributed by atoms with Crippen LogP contribution >= 0.6 is 0 Å². The van der Waals surface area contributed by atoms with Gasteiger partial charge in [-0.25, -0.2) is 0 Å². The maximum Gasteiger partial charge on any atom is 0.243 e. The molecule has 0 unspecified atom stereocenters. The fourth-order valence-electron chi connectivity index (χ4n) is 7.58. The predicted octanol–water partition coefficient (Wildman–Crippen LogP) is 7.51. The SMILES string of the molecule is Cc1cc(C)c(B(c2c(C)cc(C)cc2C)c2ccc3c4c(cccc24)C(C)(C)c2ccccc2-3)c(C)c1. The van der Waals surface area contributed by atoms with Crippen molar-refractivity contribution in [2.75, 3.05) is 0 Å². The summed E-state index contributed by atoms with van der Waals surface area (Å²) in [5.74, 6) is 0. The Kier molecular flexibility index (Phi) is 5.69. The van der Waals surface area contributed by atoms with Crippen molar-refractivity contribution in [2.24, 2.45) is 0 Å². The molecule has 0 radical (unpaired) electrons. The number of aryl methyl sites for hydroxylation is 6. The molecule has 0 saturated carbocycles. The van der Waals surface area contributed by atoms with Crippen LogP contribution in [0.25, 0.3) is 21.9 Å². The zero-order chi connectivity index (χ0) is 26.9. The lowest BCUT2D eigenvalue weighted by molar-refractivity contribution is 0.645. The van der Waals surface area contributed by atoms with E-state index in [-0.39, 0.29) is 12.1 Å². The maximum atomic E-state index is 2.43. The van der Waals surface area contributed by atoms with Crippen LogP contribution in [0.4, 0.5) is 0 Å². The molecule has 0 saturated heterocycles. The average Bonchev–Trinajstić information content (AvgIpc) is 2.85. The van der Waals surface area contributed by atoms with Crippen LogP contribution in [0.2, 0.25) is 0 Å². The standard InChI is InChI=1S/C37H37B/c1-22-18-24(3)35(25(4)19-22)38(36-26(5)20-23(2)21-27(36)6)33-17-16-29-28-12-9-10-14-31(28)37(7,8)32-15-11-13-30(33)34(29)32/h9-21H,1-8H3. The molecule has 5 aromatic carbocycles. The van der Waals surface area contributed by atoms with Crippen LogP contribution in [-0.2, 0) is 5.41 Å². The maximum absolute atomic E-state index is 2.43. The smallest absolute Gasteiger partial charge is 0.0657 e. The Labute approximate surface area is 228 Å². The Bertz CT molecular complexity index is 1650. The van der Waals surface area contributed by atoms with Gasteiger partial charge in [-0.1, -0.05) is 142 Å². The molecule has 0 fully saturated rings. The molecule has 0 atom stereocenters. The summed E-state index contributed by atoms with van der Waals surface area (Å²) >= 11 is 0. The van der Waals surface area contributed by atoms with Crippen molar-refractivity contribution < 1.29 is 0 Å². The van der Waals surface area contributed by atoms with E-state index in [1.165, 1.54) is 82.8 Å². The lowest BCUT2D eigenvalue weighted by Crippen LogP contribution is -2.56. The van der Waals surface area contributed by atoms with Gasteiger partial charge in [-0.3, -0.25) is 0 Å². The minimum absolute atomic E-state index is 0.0530. The van der Waals surface area contributed by atoms with Gasteiger partial charge in [0.2, 0.25) is 6.71 Å². The molecule has 1 aliphatic rings. The van der Waals surface area contributed by atoms with Crippen molar-refractivity contribution in [3.05, 3.63) is 123 Å². The van der Waals surface area contributed by atoms with E-state index in [9.17, 15) is 0 Å². The van der Waals surface area contributed by atoms with Crippen LogP contribution in [0.15, 0.2) is 78.9 Å². The van der Waals surface area contributed by atoms with Crippen LogP contribution in [0.5, 0.6) is 0 Å². The van der Waals surface area contributed by atoms with E-state index in [0.29, 0.717) is 0 Å². The molecule has 38 heavy (non-hydrogen) atoms. The summed E-state index contributed by atoms with van der Waals surface area (Å²) < 4.78 is 0. The van der Waals surface area contributed by atoms with Crippen molar-refractivity contribution in [2.45, 2.75) is 60.8 Å². The van der Waals surface area contributed by atoms with Gasteiger partial charge in [0.1, 0.15) is 0 Å². The van der Waals surface area contributed by atoms with E-state index in [4.69, 9.17) is 0 Å². The number of hydrogen-bond donors (Lipinski definition) is 0. The molecule has 0 aromatic heterocycles. The molecule has 0 spiro atoms. The van der Waals surface area contributed by atoms with Crippen LogP contribution in [0.1, 0.15) is 58.4 Å². The van der Waals surface area contributed by atoms with Crippen molar-refractivity contribution in [1.29, 1.82) is 0 Å². The summed E-state index contributed by atoms with van der Waals surface area (Å²) in [6.07, 6.45) is 0. The van der Waals surface area contributed by atoms with Gasteiger partial charge in [0.15, 0.2) is 0 Å². The second-order valence-electron chi connectivity index (χ2n) is 12.2. The van der Waals surface area contributed by atoms with E-state index in [2.05, 4.69) is 134 Å². The van der Waals surface area contributed by atoms with Gasteiger partial charge in [0.05, 0.1) is 0 Å². The first kappa shape index (κ1) is 24.7. The number of hydrogen-bond acceptors (Lipinski definition) is 0. The molecule has 5 aromatic rings. The zero-order valence-electron chi connectivity index (χ0n) is 24.1. The zero-order valence-corrected chi connectivity index (χ0v) is 24.1. The first-order valence-electron chi connectivity index (χ1n) is 13.9. The summed E-state index contributed by atoms with van der Waals surface area (Å²) in [5, 5.41) is 2.80. The molecular formula is C37H37B. The third-order valence-electron chi connectivity index (χ3n) is 9.00. The first-order chi connectivity index (χ1) is 18.1. The van der Waals surface area contributed by atoms with Gasteiger partial charge in [0, 0.05) is 5.41 Å². The molecule has 1 heteroatoms. The summed E-state index contributed by atoms with van der Waals surface area (Å²) in [6.45, 7) is 18.5. The summed E-state index contributed by atoms with van der Waals surface area (Å²) in [6, 6.07) is 30.3. The minimum Gasteiger partial charge on any atom is -0.0657 e. The van der Waals surface area contributed by atoms with Gasteiger partial charge >= 0.3 is 0 Å². The van der Waals surface area contributed by atoms with Gasteiger partial charge in [0.25, 0.3) is 0 Å². The van der Waals surface area contributed by atoms with Crippen molar-refractivity contribution in [3.8, 4) is 11.1 Å². The molecule has 188 valence electrons. The van der Waals surface area contributed by atoms with Gasteiger partial charge in [-0.2, -0.15) is 0 Å². The fourth-order valence-corrected chi connectivity index (χ4v) is 7.58. The molecule has 0 heterocycles. The lowest BCUT2D eigenvalue weighted by Gasteiger charge is -2.36. The topological polar surface area (TPSA) is 0 Å². The van der Waals surface area contributed by atoms with E-state index in [1.807, 2.05) is 0 Å². The summed E-state index contributed by atoms with van der Waals surface area (Å²) in [5.41, 5.74) is 18.0. The fraction of sp³-hybridized carbons (Fsp3) is 0.243. The lowest BCUT2D eigenvalue weighted by atomic mass is 9.33. The molecular weight excluding hydrogens is 455 g/mol. The van der Waals surface area contributed by atoms with Crippen LogP contribution < -0.4 is 16.4 Å². The quantitative estimate of drug-likeness (QED) is 0.229. The van der Waals surface area contributed by atoms with E-state index < -0.39 is 0 Å².